The topological polar surface area (TPSA) is 48.2 Å². The molecular weight excluding hydrogens is 251 g/mol. The molecule has 0 aliphatic heterocycles. The molecule has 17 heavy (non-hydrogen) atoms. The van der Waals surface area contributed by atoms with Crippen LogP contribution in [0.15, 0.2) is 29.3 Å². The predicted octanol–water partition coefficient (Wildman–Crippen LogP) is 3.13. The lowest BCUT2D eigenvalue weighted by atomic mass is 10.2. The molecule has 0 saturated heterocycles. The highest BCUT2D eigenvalue weighted by atomic mass is 32.2. The number of benzene rings is 1. The third-order valence-corrected chi connectivity index (χ3v) is 2.36. The van der Waals surface area contributed by atoms with Crippen LogP contribution < -0.4 is 5.32 Å². The standard InChI is InChI=1S/C10H8F3N3S/c1-17-9(15-6-14)16-8-4-2-7(3-5-8)10(11,12)13/h2-5H,1H3,(H,15,16). The molecule has 0 saturated carbocycles. The molecule has 0 aromatic heterocycles. The molecule has 0 atom stereocenters. The van der Waals surface area contributed by atoms with Gasteiger partial charge in [-0.05, 0) is 30.5 Å². The van der Waals surface area contributed by atoms with Crippen LogP contribution in [0.4, 0.5) is 18.9 Å². The minimum absolute atomic E-state index is 0.326. The van der Waals surface area contributed by atoms with Crippen molar-refractivity contribution in [3.05, 3.63) is 29.8 Å². The Morgan fingerprint density at radius 1 is 1.35 bits per heavy atom. The van der Waals surface area contributed by atoms with Crippen LogP contribution in [-0.2, 0) is 6.18 Å². The Labute approximate surface area is 100 Å². The van der Waals surface area contributed by atoms with Gasteiger partial charge in [-0.15, -0.1) is 0 Å². The SMILES string of the molecule is CSC(=Nc1ccc(C(F)(F)F)cc1)NC#N. The van der Waals surface area contributed by atoms with Gasteiger partial charge in [0.15, 0.2) is 11.4 Å². The Morgan fingerprint density at radius 3 is 2.35 bits per heavy atom. The maximum atomic E-state index is 12.3. The van der Waals surface area contributed by atoms with Crippen LogP contribution in [0.1, 0.15) is 5.56 Å². The third-order valence-electron chi connectivity index (χ3n) is 1.78. The van der Waals surface area contributed by atoms with E-state index >= 15 is 0 Å². The van der Waals surface area contributed by atoms with Gasteiger partial charge in [0.25, 0.3) is 0 Å². The van der Waals surface area contributed by atoms with Gasteiger partial charge in [-0.25, -0.2) is 4.99 Å². The lowest BCUT2D eigenvalue weighted by Crippen LogP contribution is -2.12. The Morgan fingerprint density at radius 2 is 1.94 bits per heavy atom. The number of nitrogens with one attached hydrogen (secondary N) is 1. The summed E-state index contributed by atoms with van der Waals surface area (Å²) in [5.41, 5.74) is -0.375. The Bertz CT molecular complexity index is 445. The molecule has 0 spiro atoms. The van der Waals surface area contributed by atoms with Crippen LogP contribution in [0.25, 0.3) is 0 Å². The van der Waals surface area contributed by atoms with E-state index in [0.717, 1.165) is 12.1 Å². The average molecular weight is 259 g/mol. The molecule has 0 fully saturated rings. The van der Waals surface area contributed by atoms with Crippen LogP contribution in [0.2, 0.25) is 0 Å². The van der Waals surface area contributed by atoms with Gasteiger partial charge >= 0.3 is 6.18 Å². The van der Waals surface area contributed by atoms with Crippen LogP contribution in [-0.4, -0.2) is 11.4 Å². The number of hydrogen-bond acceptors (Lipinski definition) is 3. The molecule has 0 unspecified atom stereocenters. The molecule has 0 bridgehead atoms. The van der Waals surface area contributed by atoms with E-state index in [2.05, 4.69) is 10.3 Å². The van der Waals surface area contributed by atoms with Gasteiger partial charge in [-0.3, -0.25) is 5.32 Å². The summed E-state index contributed by atoms with van der Waals surface area (Å²) >= 11 is 1.19. The van der Waals surface area contributed by atoms with Crippen molar-refractivity contribution in [3.8, 4) is 6.19 Å². The molecule has 1 aromatic carbocycles. The Balaban J connectivity index is 2.92. The van der Waals surface area contributed by atoms with E-state index in [1.54, 1.807) is 12.4 Å². The zero-order valence-electron chi connectivity index (χ0n) is 8.75. The first-order valence-corrected chi connectivity index (χ1v) is 5.65. The van der Waals surface area contributed by atoms with E-state index in [1.165, 1.54) is 23.9 Å². The highest BCUT2D eigenvalue weighted by molar-refractivity contribution is 8.13. The number of hydrogen-bond donors (Lipinski definition) is 1. The zero-order chi connectivity index (χ0) is 12.9. The highest BCUT2D eigenvalue weighted by Gasteiger charge is 2.29. The monoisotopic (exact) mass is 259 g/mol. The van der Waals surface area contributed by atoms with E-state index in [1.807, 2.05) is 0 Å². The summed E-state index contributed by atoms with van der Waals surface area (Å²) in [6.45, 7) is 0. The molecule has 3 nitrogen and oxygen atoms in total. The maximum absolute atomic E-state index is 12.3. The number of nitriles is 1. The quantitative estimate of drug-likeness (QED) is 0.365. The minimum atomic E-state index is -4.35. The number of nitrogens with zero attached hydrogens (tertiary/aromatic N) is 2. The van der Waals surface area contributed by atoms with Gasteiger partial charge in [0.1, 0.15) is 0 Å². The van der Waals surface area contributed by atoms with Gasteiger partial charge < -0.3 is 0 Å². The number of halogens is 3. The van der Waals surface area contributed by atoms with Crippen LogP contribution in [0, 0.1) is 11.5 Å². The Hall–Kier alpha value is -1.68. The molecule has 1 N–H and O–H groups in total. The van der Waals surface area contributed by atoms with Crippen LogP contribution in [0.5, 0.6) is 0 Å². The van der Waals surface area contributed by atoms with Crippen molar-refractivity contribution >= 4 is 22.6 Å². The Kier molecular flexibility index (Phi) is 4.40. The third kappa shape index (κ3) is 4.00. The molecular formula is C10H8F3N3S. The first-order chi connectivity index (χ1) is 7.97. The number of alkyl halides is 3. The average Bonchev–Trinajstić information content (AvgIpc) is 2.28. The van der Waals surface area contributed by atoms with Gasteiger partial charge in [0.05, 0.1) is 11.3 Å². The molecule has 0 amide bonds. The first-order valence-electron chi connectivity index (χ1n) is 4.42. The number of thioether (sulfide) groups is 1. The number of aliphatic imine (C=N–C) groups is 1. The fourth-order valence-corrected chi connectivity index (χ4v) is 1.36. The largest absolute Gasteiger partial charge is 0.416 e. The minimum Gasteiger partial charge on any atom is -0.271 e. The van der Waals surface area contributed by atoms with E-state index < -0.39 is 11.7 Å². The maximum Gasteiger partial charge on any atom is 0.416 e. The second-order valence-corrected chi connectivity index (χ2v) is 3.70. The zero-order valence-corrected chi connectivity index (χ0v) is 9.56. The second-order valence-electron chi connectivity index (χ2n) is 2.90. The smallest absolute Gasteiger partial charge is 0.271 e. The summed E-state index contributed by atoms with van der Waals surface area (Å²) in [5.74, 6) is 0. The highest BCUT2D eigenvalue weighted by Crippen LogP contribution is 2.30. The lowest BCUT2D eigenvalue weighted by Gasteiger charge is -2.06. The van der Waals surface area contributed by atoms with E-state index in [4.69, 9.17) is 5.26 Å². The number of amidine groups is 1. The molecule has 0 radical (unpaired) electrons. The van der Waals surface area contributed by atoms with E-state index in [0.29, 0.717) is 10.9 Å². The van der Waals surface area contributed by atoms with E-state index in [9.17, 15) is 13.2 Å². The van der Waals surface area contributed by atoms with Crippen LogP contribution >= 0.6 is 11.8 Å². The van der Waals surface area contributed by atoms with Crippen LogP contribution in [0.3, 0.4) is 0 Å². The lowest BCUT2D eigenvalue weighted by molar-refractivity contribution is -0.137. The second kappa shape index (κ2) is 5.59. The first kappa shape index (κ1) is 13.4. The van der Waals surface area contributed by atoms with Gasteiger partial charge in [0.2, 0.25) is 0 Å². The van der Waals surface area contributed by atoms with Gasteiger partial charge in [0, 0.05) is 0 Å². The fraction of sp³-hybridized carbons (Fsp3) is 0.200. The predicted molar refractivity (Wildman–Crippen MR) is 60.8 cm³/mol. The summed E-state index contributed by atoms with van der Waals surface area (Å²) < 4.78 is 36.8. The molecule has 0 aliphatic carbocycles. The molecule has 0 aliphatic rings. The summed E-state index contributed by atoms with van der Waals surface area (Å²) in [6, 6.07) is 4.39. The van der Waals surface area contributed by atoms with Gasteiger partial charge in [-0.1, -0.05) is 11.8 Å². The summed E-state index contributed by atoms with van der Waals surface area (Å²) in [6.07, 6.45) is -0.957. The number of rotatable bonds is 1. The fourth-order valence-electron chi connectivity index (χ4n) is 1.01. The summed E-state index contributed by atoms with van der Waals surface area (Å²) in [7, 11) is 0. The van der Waals surface area contributed by atoms with Crippen molar-refractivity contribution in [3.63, 3.8) is 0 Å². The molecule has 1 rings (SSSR count). The van der Waals surface area contributed by atoms with Crippen molar-refractivity contribution in [2.45, 2.75) is 6.18 Å². The van der Waals surface area contributed by atoms with E-state index in [-0.39, 0.29) is 0 Å². The normalized spacial score (nSPS) is 12.1. The van der Waals surface area contributed by atoms with Crippen molar-refractivity contribution in [1.29, 1.82) is 5.26 Å². The summed E-state index contributed by atoms with van der Waals surface area (Å²) in [4.78, 5) is 3.97. The van der Waals surface area contributed by atoms with Crippen molar-refractivity contribution in [2.24, 2.45) is 4.99 Å². The van der Waals surface area contributed by atoms with Crippen molar-refractivity contribution in [1.82, 2.24) is 5.32 Å². The van der Waals surface area contributed by atoms with Crippen molar-refractivity contribution in [2.75, 3.05) is 6.26 Å². The molecule has 90 valence electrons. The molecule has 1 aromatic rings. The molecule has 0 heterocycles. The van der Waals surface area contributed by atoms with Gasteiger partial charge in [-0.2, -0.15) is 18.4 Å². The molecule has 7 heteroatoms. The van der Waals surface area contributed by atoms with Crippen molar-refractivity contribution < 1.29 is 13.2 Å². The summed E-state index contributed by atoms with van der Waals surface area (Å²) in [5, 5.41) is 11.0.